The van der Waals surface area contributed by atoms with Gasteiger partial charge in [0, 0.05) is 10.4 Å². The molecule has 73 valence electrons. The van der Waals surface area contributed by atoms with Gasteiger partial charge in [0.15, 0.2) is 0 Å². The van der Waals surface area contributed by atoms with Crippen molar-refractivity contribution in [3.63, 3.8) is 0 Å². The van der Waals surface area contributed by atoms with Gasteiger partial charge in [-0.05, 0) is 31.0 Å². The SMILES string of the molecule is Cc1cc(-c2[c]sc(Cl)c2C)sc1Cl. The molecule has 0 aliphatic rings. The maximum absolute atomic E-state index is 6.01. The van der Waals surface area contributed by atoms with Crippen LogP contribution in [0.2, 0.25) is 8.67 Å². The third-order valence-corrected chi connectivity index (χ3v) is 4.90. The van der Waals surface area contributed by atoms with Crippen molar-refractivity contribution in [1.82, 2.24) is 0 Å². The monoisotopic (exact) mass is 261 g/mol. The topological polar surface area (TPSA) is 0 Å². The summed E-state index contributed by atoms with van der Waals surface area (Å²) in [6.07, 6.45) is 0. The van der Waals surface area contributed by atoms with Crippen molar-refractivity contribution < 1.29 is 0 Å². The maximum atomic E-state index is 6.01. The molecule has 4 heteroatoms. The van der Waals surface area contributed by atoms with Crippen LogP contribution in [0.25, 0.3) is 10.4 Å². The number of rotatable bonds is 1. The number of aryl methyl sites for hydroxylation is 1. The minimum Gasteiger partial charge on any atom is -0.123 e. The number of hydrogen-bond donors (Lipinski definition) is 0. The van der Waals surface area contributed by atoms with Gasteiger partial charge >= 0.3 is 0 Å². The molecule has 2 aromatic heterocycles. The van der Waals surface area contributed by atoms with Crippen LogP contribution < -0.4 is 0 Å². The molecule has 0 spiro atoms. The van der Waals surface area contributed by atoms with Crippen LogP contribution in [0.4, 0.5) is 0 Å². The summed E-state index contributed by atoms with van der Waals surface area (Å²) >= 11 is 15.0. The third kappa shape index (κ3) is 1.72. The van der Waals surface area contributed by atoms with E-state index in [-0.39, 0.29) is 0 Å². The van der Waals surface area contributed by atoms with Crippen molar-refractivity contribution in [3.8, 4) is 10.4 Å². The summed E-state index contributed by atoms with van der Waals surface area (Å²) in [5.74, 6) is 0. The zero-order chi connectivity index (χ0) is 10.3. The fraction of sp³-hybridized carbons (Fsp3) is 0.200. The first-order chi connectivity index (χ1) is 6.59. The van der Waals surface area contributed by atoms with E-state index >= 15 is 0 Å². The first-order valence-corrected chi connectivity index (χ1v) is 6.41. The molecule has 0 aromatic carbocycles. The van der Waals surface area contributed by atoms with E-state index in [1.54, 1.807) is 11.3 Å². The highest BCUT2D eigenvalue weighted by atomic mass is 35.5. The Kier molecular flexibility index (Phi) is 2.89. The minimum atomic E-state index is 0.808. The Hall–Kier alpha value is -0.0200. The average molecular weight is 262 g/mol. The molecule has 0 bridgehead atoms. The van der Waals surface area contributed by atoms with E-state index in [1.165, 1.54) is 11.3 Å². The summed E-state index contributed by atoms with van der Waals surface area (Å²) < 4.78 is 1.65. The van der Waals surface area contributed by atoms with Gasteiger partial charge in [0.1, 0.15) is 0 Å². The lowest BCUT2D eigenvalue weighted by Gasteiger charge is -1.93. The predicted octanol–water partition coefficient (Wildman–Crippen LogP) is 5.20. The first kappa shape index (κ1) is 10.5. The molecule has 14 heavy (non-hydrogen) atoms. The molecule has 0 nitrogen and oxygen atoms in total. The quantitative estimate of drug-likeness (QED) is 0.662. The van der Waals surface area contributed by atoms with Crippen LogP contribution in [0.5, 0.6) is 0 Å². The van der Waals surface area contributed by atoms with E-state index in [4.69, 9.17) is 23.2 Å². The highest BCUT2D eigenvalue weighted by Gasteiger charge is 2.11. The summed E-state index contributed by atoms with van der Waals surface area (Å²) in [7, 11) is 0. The second-order valence-electron chi connectivity index (χ2n) is 3.05. The smallest absolute Gasteiger partial charge is 0.0971 e. The van der Waals surface area contributed by atoms with Gasteiger partial charge in [-0.15, -0.1) is 22.7 Å². The molecule has 0 unspecified atom stereocenters. The Morgan fingerprint density at radius 2 is 1.93 bits per heavy atom. The Morgan fingerprint density at radius 1 is 1.21 bits per heavy atom. The van der Waals surface area contributed by atoms with Crippen LogP contribution in [0.1, 0.15) is 11.1 Å². The van der Waals surface area contributed by atoms with Gasteiger partial charge in [0.25, 0.3) is 0 Å². The van der Waals surface area contributed by atoms with Gasteiger partial charge in [-0.3, -0.25) is 0 Å². The van der Waals surface area contributed by atoms with Gasteiger partial charge < -0.3 is 0 Å². The molecule has 0 N–H and O–H groups in total. The zero-order valence-corrected chi connectivity index (χ0v) is 10.8. The number of halogens is 2. The Morgan fingerprint density at radius 3 is 2.36 bits per heavy atom. The lowest BCUT2D eigenvalue weighted by molar-refractivity contribution is 1.53. The van der Waals surface area contributed by atoms with Crippen molar-refractivity contribution >= 4 is 45.9 Å². The van der Waals surface area contributed by atoms with Crippen LogP contribution in [-0.2, 0) is 0 Å². The normalized spacial score (nSPS) is 10.9. The fourth-order valence-corrected chi connectivity index (χ4v) is 3.41. The first-order valence-electron chi connectivity index (χ1n) is 4.02. The molecule has 0 saturated heterocycles. The molecule has 0 aliphatic heterocycles. The summed E-state index contributed by atoms with van der Waals surface area (Å²) in [4.78, 5) is 1.15. The highest BCUT2D eigenvalue weighted by Crippen LogP contribution is 2.39. The van der Waals surface area contributed by atoms with Crippen LogP contribution in [0.3, 0.4) is 0 Å². The second-order valence-corrected chi connectivity index (χ2v) is 6.12. The third-order valence-electron chi connectivity index (χ3n) is 2.02. The lowest BCUT2D eigenvalue weighted by Crippen LogP contribution is -1.71. The van der Waals surface area contributed by atoms with Crippen molar-refractivity contribution in [2.45, 2.75) is 13.8 Å². The van der Waals surface area contributed by atoms with E-state index < -0.39 is 0 Å². The van der Waals surface area contributed by atoms with Crippen LogP contribution in [0.15, 0.2) is 6.07 Å². The van der Waals surface area contributed by atoms with Crippen molar-refractivity contribution in [2.24, 2.45) is 0 Å². The molecular formula is C10H7Cl2S2. The standard InChI is InChI=1S/C10H7Cl2S2/c1-5-3-8(14-9(5)11)7-4-13-10(12)6(7)2/h3H,1-2H3. The van der Waals surface area contributed by atoms with E-state index in [9.17, 15) is 0 Å². The van der Waals surface area contributed by atoms with Crippen LogP contribution in [-0.4, -0.2) is 0 Å². The van der Waals surface area contributed by atoms with Crippen LogP contribution >= 0.6 is 45.9 Å². The van der Waals surface area contributed by atoms with Crippen LogP contribution in [0, 0.1) is 19.2 Å². The zero-order valence-electron chi connectivity index (χ0n) is 7.65. The summed E-state index contributed by atoms with van der Waals surface area (Å²) in [5, 5.41) is 3.19. The summed E-state index contributed by atoms with van der Waals surface area (Å²) in [6.45, 7) is 4.01. The average Bonchev–Trinajstić information content (AvgIpc) is 2.61. The Labute approximate surface area is 101 Å². The molecular weight excluding hydrogens is 255 g/mol. The Bertz CT molecular complexity index is 449. The number of thiophene rings is 2. The predicted molar refractivity (Wildman–Crippen MR) is 66.0 cm³/mol. The van der Waals surface area contributed by atoms with E-state index in [0.29, 0.717) is 0 Å². The number of hydrogen-bond acceptors (Lipinski definition) is 2. The molecule has 0 amide bonds. The van der Waals surface area contributed by atoms with E-state index in [0.717, 1.165) is 30.2 Å². The van der Waals surface area contributed by atoms with Gasteiger partial charge in [-0.2, -0.15) is 0 Å². The fourth-order valence-electron chi connectivity index (χ4n) is 1.17. The Balaban J connectivity index is 2.54. The maximum Gasteiger partial charge on any atom is 0.0971 e. The van der Waals surface area contributed by atoms with Gasteiger partial charge in [0.05, 0.1) is 14.1 Å². The molecule has 2 aromatic rings. The van der Waals surface area contributed by atoms with E-state index in [1.807, 2.05) is 13.8 Å². The lowest BCUT2D eigenvalue weighted by atomic mass is 10.2. The largest absolute Gasteiger partial charge is 0.123 e. The second kappa shape index (κ2) is 3.86. The highest BCUT2D eigenvalue weighted by molar-refractivity contribution is 7.20. The molecule has 0 fully saturated rings. The molecule has 2 heterocycles. The van der Waals surface area contributed by atoms with Crippen molar-refractivity contribution in [3.05, 3.63) is 31.2 Å². The molecule has 2 rings (SSSR count). The minimum absolute atomic E-state index is 0.808. The molecule has 0 atom stereocenters. The molecule has 1 radical (unpaired) electrons. The van der Waals surface area contributed by atoms with Crippen molar-refractivity contribution in [1.29, 1.82) is 0 Å². The molecule has 0 aliphatic carbocycles. The van der Waals surface area contributed by atoms with Gasteiger partial charge in [0.2, 0.25) is 0 Å². The summed E-state index contributed by atoms with van der Waals surface area (Å²) in [5.41, 5.74) is 3.29. The molecule has 0 saturated carbocycles. The van der Waals surface area contributed by atoms with Gasteiger partial charge in [-0.1, -0.05) is 23.2 Å². The van der Waals surface area contributed by atoms with Gasteiger partial charge in [-0.25, -0.2) is 0 Å². The summed E-state index contributed by atoms with van der Waals surface area (Å²) in [6, 6.07) is 2.08. The van der Waals surface area contributed by atoms with Crippen molar-refractivity contribution in [2.75, 3.05) is 0 Å². The van der Waals surface area contributed by atoms with E-state index in [2.05, 4.69) is 11.4 Å².